The molecule has 1 aliphatic carbocycles. The van der Waals surface area contributed by atoms with E-state index in [0.29, 0.717) is 23.7 Å². The first kappa shape index (κ1) is 23.4. The molecule has 0 unspecified atom stereocenters. The molecule has 1 fully saturated rings. The van der Waals surface area contributed by atoms with Gasteiger partial charge < -0.3 is 9.84 Å². The predicted octanol–water partition coefficient (Wildman–Crippen LogP) is 3.93. The summed E-state index contributed by atoms with van der Waals surface area (Å²) in [6.07, 6.45) is 0.854. The quantitative estimate of drug-likeness (QED) is 0.397. The fraction of sp³-hybridized carbons (Fsp3) is 0.250. The number of hydrogen-bond donors (Lipinski definition) is 1. The van der Waals surface area contributed by atoms with Crippen molar-refractivity contribution in [2.45, 2.75) is 26.0 Å². The van der Waals surface area contributed by atoms with Gasteiger partial charge in [0.1, 0.15) is 12.1 Å². The second-order valence-electron chi connectivity index (χ2n) is 9.07. The number of carbonyl (C=O) groups is 2. The van der Waals surface area contributed by atoms with Crippen LogP contribution in [0.5, 0.6) is 0 Å². The van der Waals surface area contributed by atoms with E-state index in [0.717, 1.165) is 16.7 Å². The number of carbonyl (C=O) groups excluding carboxylic acids is 1. The Morgan fingerprint density at radius 3 is 2.36 bits per heavy atom. The SMILES string of the molecule is O=C(O)[C@@H]1[C@H](Cn2nnc3ccccc3c2=O)CC[C@@H]1C(=O)OCc1ccc(-c2ccccc2)cc1. The number of nitrogens with zero attached hydrogens (tertiary/aromatic N) is 3. The zero-order chi connectivity index (χ0) is 25.1. The van der Waals surface area contributed by atoms with E-state index in [1.54, 1.807) is 24.3 Å². The average molecular weight is 484 g/mol. The summed E-state index contributed by atoms with van der Waals surface area (Å²) in [5.41, 5.74) is 3.13. The molecule has 1 aromatic heterocycles. The number of rotatable bonds is 7. The molecule has 0 bridgehead atoms. The van der Waals surface area contributed by atoms with Gasteiger partial charge in [-0.2, -0.15) is 0 Å². The Morgan fingerprint density at radius 2 is 1.61 bits per heavy atom. The summed E-state index contributed by atoms with van der Waals surface area (Å²) in [5, 5.41) is 18.4. The molecule has 36 heavy (non-hydrogen) atoms. The lowest BCUT2D eigenvalue weighted by atomic mass is 9.89. The number of ether oxygens (including phenoxy) is 1. The number of esters is 1. The van der Waals surface area contributed by atoms with Crippen molar-refractivity contribution >= 4 is 22.8 Å². The van der Waals surface area contributed by atoms with E-state index in [9.17, 15) is 19.5 Å². The van der Waals surface area contributed by atoms with Crippen LogP contribution in [0.25, 0.3) is 22.0 Å². The molecule has 8 nitrogen and oxygen atoms in total. The van der Waals surface area contributed by atoms with Gasteiger partial charge >= 0.3 is 11.9 Å². The molecule has 0 amide bonds. The molecular weight excluding hydrogens is 458 g/mol. The van der Waals surface area contributed by atoms with Gasteiger partial charge in [0.15, 0.2) is 0 Å². The van der Waals surface area contributed by atoms with Gasteiger partial charge in [0.05, 0.1) is 23.8 Å². The number of carboxylic acids is 1. The number of benzene rings is 3. The normalized spacial score (nSPS) is 19.3. The Labute approximate surface area is 207 Å². The van der Waals surface area contributed by atoms with Gasteiger partial charge in [0.25, 0.3) is 5.56 Å². The summed E-state index contributed by atoms with van der Waals surface area (Å²) in [4.78, 5) is 37.8. The van der Waals surface area contributed by atoms with E-state index in [2.05, 4.69) is 10.3 Å². The molecule has 1 saturated carbocycles. The summed E-state index contributed by atoms with van der Waals surface area (Å²) >= 11 is 0. The first-order valence-electron chi connectivity index (χ1n) is 11.9. The van der Waals surface area contributed by atoms with E-state index in [1.165, 1.54) is 4.68 Å². The average Bonchev–Trinajstić information content (AvgIpc) is 3.34. The topological polar surface area (TPSA) is 111 Å². The Balaban J connectivity index is 1.25. The molecule has 0 aliphatic heterocycles. The zero-order valence-electron chi connectivity index (χ0n) is 19.5. The largest absolute Gasteiger partial charge is 0.481 e. The first-order valence-corrected chi connectivity index (χ1v) is 11.9. The molecule has 4 aromatic rings. The minimum Gasteiger partial charge on any atom is -0.481 e. The number of fused-ring (bicyclic) bond motifs is 1. The van der Waals surface area contributed by atoms with Crippen molar-refractivity contribution in [3.8, 4) is 11.1 Å². The van der Waals surface area contributed by atoms with Crippen molar-refractivity contribution in [3.05, 3.63) is 94.8 Å². The van der Waals surface area contributed by atoms with E-state index >= 15 is 0 Å². The highest BCUT2D eigenvalue weighted by atomic mass is 16.5. The van der Waals surface area contributed by atoms with Crippen LogP contribution in [0.15, 0.2) is 83.7 Å². The molecular formula is C28H25N3O5. The van der Waals surface area contributed by atoms with Crippen LogP contribution in [0.1, 0.15) is 18.4 Å². The highest BCUT2D eigenvalue weighted by Crippen LogP contribution is 2.39. The fourth-order valence-electron chi connectivity index (χ4n) is 4.97. The van der Waals surface area contributed by atoms with Crippen LogP contribution in [0, 0.1) is 17.8 Å². The lowest BCUT2D eigenvalue weighted by Gasteiger charge is -2.20. The summed E-state index contributed by atoms with van der Waals surface area (Å²) in [5.74, 6) is -3.78. The maximum atomic E-state index is 12.9. The van der Waals surface area contributed by atoms with Crippen molar-refractivity contribution in [2.75, 3.05) is 0 Å². The molecule has 5 rings (SSSR count). The second-order valence-corrected chi connectivity index (χ2v) is 9.07. The van der Waals surface area contributed by atoms with E-state index in [1.807, 2.05) is 54.6 Å². The molecule has 8 heteroatoms. The van der Waals surface area contributed by atoms with E-state index in [4.69, 9.17) is 4.74 Å². The molecule has 1 heterocycles. The van der Waals surface area contributed by atoms with Crippen LogP contribution in [0.3, 0.4) is 0 Å². The maximum Gasteiger partial charge on any atom is 0.310 e. The lowest BCUT2D eigenvalue weighted by molar-refractivity contribution is -0.158. The predicted molar refractivity (Wildman–Crippen MR) is 133 cm³/mol. The minimum atomic E-state index is -1.08. The summed E-state index contributed by atoms with van der Waals surface area (Å²) in [7, 11) is 0. The van der Waals surface area contributed by atoms with Crippen LogP contribution in [0.2, 0.25) is 0 Å². The Hall–Kier alpha value is -4.33. The van der Waals surface area contributed by atoms with Crippen LogP contribution in [-0.4, -0.2) is 32.0 Å². The third-order valence-electron chi connectivity index (χ3n) is 6.86. The highest BCUT2D eigenvalue weighted by molar-refractivity contribution is 5.82. The Morgan fingerprint density at radius 1 is 0.917 bits per heavy atom. The highest BCUT2D eigenvalue weighted by Gasteiger charge is 2.46. The lowest BCUT2D eigenvalue weighted by Crippen LogP contribution is -2.35. The summed E-state index contributed by atoms with van der Waals surface area (Å²) in [6.45, 7) is 0.148. The van der Waals surface area contributed by atoms with Gasteiger partial charge in [0, 0.05) is 0 Å². The maximum absolute atomic E-state index is 12.9. The van der Waals surface area contributed by atoms with Crippen LogP contribution in [0.4, 0.5) is 0 Å². The Kier molecular flexibility index (Phi) is 6.58. The number of carboxylic acid groups (broad SMARTS) is 1. The van der Waals surface area contributed by atoms with Crippen molar-refractivity contribution in [1.29, 1.82) is 0 Å². The minimum absolute atomic E-state index is 0.0665. The van der Waals surface area contributed by atoms with Gasteiger partial charge in [0.2, 0.25) is 0 Å². The van der Waals surface area contributed by atoms with Crippen LogP contribution in [-0.2, 0) is 27.5 Å². The van der Waals surface area contributed by atoms with Crippen molar-refractivity contribution < 1.29 is 19.4 Å². The van der Waals surface area contributed by atoms with Gasteiger partial charge in [-0.15, -0.1) is 5.10 Å². The van der Waals surface area contributed by atoms with Gasteiger partial charge in [-0.3, -0.25) is 14.4 Å². The second kappa shape index (κ2) is 10.1. The van der Waals surface area contributed by atoms with Crippen LogP contribution >= 0.6 is 0 Å². The summed E-state index contributed by atoms with van der Waals surface area (Å²) < 4.78 is 6.72. The molecule has 0 saturated heterocycles. The molecule has 1 N–H and O–H groups in total. The number of aliphatic carboxylic acids is 1. The monoisotopic (exact) mass is 483 g/mol. The fourth-order valence-corrected chi connectivity index (χ4v) is 4.97. The summed E-state index contributed by atoms with van der Waals surface area (Å²) in [6, 6.07) is 24.6. The molecule has 0 spiro atoms. The molecule has 182 valence electrons. The third-order valence-corrected chi connectivity index (χ3v) is 6.86. The van der Waals surface area contributed by atoms with E-state index < -0.39 is 29.7 Å². The van der Waals surface area contributed by atoms with E-state index in [-0.39, 0.29) is 18.7 Å². The standard InChI is InChI=1S/C28H25N3O5/c32-26-22-8-4-5-9-24(22)29-30-31(26)16-21-14-15-23(25(21)27(33)34)28(35)36-17-18-10-12-20(13-11-18)19-6-2-1-3-7-19/h1-13,21,23,25H,14-17H2,(H,33,34)/t21-,23-,25+/m0/s1. The third kappa shape index (κ3) is 4.75. The Bertz CT molecular complexity index is 1450. The molecule has 1 aliphatic rings. The van der Waals surface area contributed by atoms with Crippen molar-refractivity contribution in [2.24, 2.45) is 17.8 Å². The van der Waals surface area contributed by atoms with Crippen molar-refractivity contribution in [1.82, 2.24) is 15.0 Å². The number of hydrogen-bond acceptors (Lipinski definition) is 6. The van der Waals surface area contributed by atoms with Gasteiger partial charge in [-0.25, -0.2) is 4.68 Å². The smallest absolute Gasteiger partial charge is 0.310 e. The molecule has 0 radical (unpaired) electrons. The zero-order valence-corrected chi connectivity index (χ0v) is 19.5. The van der Waals surface area contributed by atoms with Gasteiger partial charge in [-0.05, 0) is 47.6 Å². The van der Waals surface area contributed by atoms with Gasteiger partial charge in [-0.1, -0.05) is 71.9 Å². The first-order chi connectivity index (χ1) is 17.5. The van der Waals surface area contributed by atoms with Crippen molar-refractivity contribution in [3.63, 3.8) is 0 Å². The number of aromatic nitrogens is 3. The van der Waals surface area contributed by atoms with Crippen LogP contribution < -0.4 is 5.56 Å². The molecule has 3 aromatic carbocycles. The molecule has 3 atom stereocenters.